The zero-order valence-corrected chi connectivity index (χ0v) is 13.4. The number of carbonyl (C=O) groups excluding carboxylic acids is 2. The summed E-state index contributed by atoms with van der Waals surface area (Å²) in [6.07, 6.45) is 2.43. The predicted octanol–water partition coefficient (Wildman–Crippen LogP) is 1.71. The molecule has 1 aliphatic rings. The van der Waals surface area contributed by atoms with E-state index in [2.05, 4.69) is 5.32 Å². The maximum absolute atomic E-state index is 12.1. The Bertz CT molecular complexity index is 552. The minimum atomic E-state index is -0.476. The minimum absolute atomic E-state index is 0.204. The van der Waals surface area contributed by atoms with Crippen LogP contribution in [0.2, 0.25) is 0 Å². The number of esters is 1. The number of amides is 1. The summed E-state index contributed by atoms with van der Waals surface area (Å²) >= 11 is 1.22. The maximum Gasteiger partial charge on any atom is 0.350 e. The Kier molecular flexibility index (Phi) is 4.72. The van der Waals surface area contributed by atoms with E-state index in [0.717, 1.165) is 11.5 Å². The first-order valence-corrected chi connectivity index (χ1v) is 7.83. The summed E-state index contributed by atoms with van der Waals surface area (Å²) in [5, 5.41) is 3.30. The van der Waals surface area contributed by atoms with Gasteiger partial charge in [0.2, 0.25) is 0 Å². The molecule has 0 unspecified atom stereocenters. The molecule has 21 heavy (non-hydrogen) atoms. The number of nitrogens with zero attached hydrogens (tertiary/aromatic N) is 1. The molecule has 0 aromatic carbocycles. The summed E-state index contributed by atoms with van der Waals surface area (Å²) in [6, 6.07) is 0. The first kappa shape index (κ1) is 15.6. The van der Waals surface area contributed by atoms with Crippen molar-refractivity contribution in [2.75, 3.05) is 37.9 Å². The van der Waals surface area contributed by atoms with Crippen LogP contribution < -0.4 is 16.0 Å². The van der Waals surface area contributed by atoms with E-state index in [-0.39, 0.29) is 18.2 Å². The minimum Gasteiger partial charge on any atom is -0.462 e. The molecule has 6 nitrogen and oxygen atoms in total. The van der Waals surface area contributed by atoms with Gasteiger partial charge in [-0.3, -0.25) is 4.79 Å². The quantitative estimate of drug-likeness (QED) is 0.781. The van der Waals surface area contributed by atoms with Crippen molar-refractivity contribution in [2.24, 2.45) is 5.92 Å². The highest BCUT2D eigenvalue weighted by Crippen LogP contribution is 2.40. The van der Waals surface area contributed by atoms with Crippen LogP contribution in [0.25, 0.3) is 0 Å². The molecule has 1 fully saturated rings. The molecule has 2 rings (SSSR count). The van der Waals surface area contributed by atoms with Gasteiger partial charge in [0.15, 0.2) is 0 Å². The molecule has 1 heterocycles. The monoisotopic (exact) mass is 311 g/mol. The van der Waals surface area contributed by atoms with Crippen LogP contribution in [0.5, 0.6) is 0 Å². The van der Waals surface area contributed by atoms with Gasteiger partial charge in [0, 0.05) is 20.6 Å². The average Bonchev–Trinajstić information content (AvgIpc) is 3.19. The van der Waals surface area contributed by atoms with Gasteiger partial charge in [-0.2, -0.15) is 0 Å². The molecule has 0 aliphatic heterocycles. The first-order chi connectivity index (χ1) is 9.99. The molecule has 0 radical (unpaired) electrons. The molecular weight excluding hydrogens is 290 g/mol. The third-order valence-electron chi connectivity index (χ3n) is 3.42. The van der Waals surface area contributed by atoms with E-state index in [0.29, 0.717) is 16.4 Å². The molecule has 1 amide bonds. The van der Waals surface area contributed by atoms with Crippen LogP contribution in [0.1, 0.15) is 39.8 Å². The van der Waals surface area contributed by atoms with Crippen molar-refractivity contribution in [2.45, 2.75) is 19.8 Å². The Morgan fingerprint density at radius 1 is 1.48 bits per heavy atom. The lowest BCUT2D eigenvalue weighted by molar-refractivity contribution is 0.0533. The van der Waals surface area contributed by atoms with Gasteiger partial charge in [0.05, 0.1) is 17.9 Å². The van der Waals surface area contributed by atoms with Crippen LogP contribution in [0.4, 0.5) is 10.7 Å². The summed E-state index contributed by atoms with van der Waals surface area (Å²) in [5.41, 5.74) is 6.59. The highest BCUT2D eigenvalue weighted by atomic mass is 32.1. The number of nitrogens with one attached hydrogen (secondary N) is 1. The Balaban J connectivity index is 2.38. The Labute approximate surface area is 128 Å². The van der Waals surface area contributed by atoms with Crippen molar-refractivity contribution in [1.29, 1.82) is 0 Å². The Morgan fingerprint density at radius 3 is 2.67 bits per heavy atom. The SMILES string of the molecule is CCOC(=O)c1sc(N(C)CC2CC2)c(C(=O)NC)c1N. The zero-order chi connectivity index (χ0) is 15.6. The van der Waals surface area contributed by atoms with E-state index < -0.39 is 5.97 Å². The van der Waals surface area contributed by atoms with Crippen molar-refractivity contribution < 1.29 is 14.3 Å². The van der Waals surface area contributed by atoms with Crippen LogP contribution in [0.3, 0.4) is 0 Å². The second kappa shape index (κ2) is 6.34. The molecular formula is C14H21N3O3S. The standard InChI is InChI=1S/C14H21N3O3S/c1-4-20-14(19)11-10(15)9(12(18)16-2)13(21-11)17(3)7-8-5-6-8/h8H,4-7,15H2,1-3H3,(H,16,18). The van der Waals surface area contributed by atoms with Crippen LogP contribution in [-0.2, 0) is 4.74 Å². The summed E-state index contributed by atoms with van der Waals surface area (Å²) in [7, 11) is 3.47. The van der Waals surface area contributed by atoms with Crippen LogP contribution in [0.15, 0.2) is 0 Å². The number of hydrogen-bond acceptors (Lipinski definition) is 6. The molecule has 0 bridgehead atoms. The number of nitrogen functional groups attached to an aromatic ring is 1. The van der Waals surface area contributed by atoms with Crippen molar-refractivity contribution in [3.8, 4) is 0 Å². The van der Waals surface area contributed by atoms with Crippen molar-refractivity contribution in [3.63, 3.8) is 0 Å². The fourth-order valence-electron chi connectivity index (χ4n) is 2.16. The van der Waals surface area contributed by atoms with Gasteiger partial charge >= 0.3 is 5.97 Å². The van der Waals surface area contributed by atoms with Gasteiger partial charge < -0.3 is 20.7 Å². The molecule has 1 aromatic heterocycles. The number of nitrogens with two attached hydrogens (primary N) is 1. The number of anilines is 2. The van der Waals surface area contributed by atoms with Crippen molar-refractivity contribution in [1.82, 2.24) is 5.32 Å². The van der Waals surface area contributed by atoms with Crippen LogP contribution in [0, 0.1) is 5.92 Å². The van der Waals surface area contributed by atoms with E-state index in [9.17, 15) is 9.59 Å². The average molecular weight is 311 g/mol. The van der Waals surface area contributed by atoms with Crippen LogP contribution in [-0.4, -0.2) is 39.1 Å². The largest absolute Gasteiger partial charge is 0.462 e. The lowest BCUT2D eigenvalue weighted by Gasteiger charge is -2.18. The summed E-state index contributed by atoms with van der Waals surface area (Å²) in [6.45, 7) is 2.88. The number of ether oxygens (including phenoxy) is 1. The molecule has 1 aromatic rings. The van der Waals surface area contributed by atoms with E-state index >= 15 is 0 Å². The van der Waals surface area contributed by atoms with E-state index in [1.54, 1.807) is 14.0 Å². The second-order valence-electron chi connectivity index (χ2n) is 5.15. The molecule has 116 valence electrons. The fraction of sp³-hybridized carbons (Fsp3) is 0.571. The van der Waals surface area contributed by atoms with E-state index in [4.69, 9.17) is 10.5 Å². The van der Waals surface area contributed by atoms with Crippen molar-refractivity contribution in [3.05, 3.63) is 10.4 Å². The highest BCUT2D eigenvalue weighted by molar-refractivity contribution is 7.19. The summed E-state index contributed by atoms with van der Waals surface area (Å²) < 4.78 is 5.00. The lowest BCUT2D eigenvalue weighted by atomic mass is 10.2. The number of hydrogen-bond donors (Lipinski definition) is 2. The van der Waals surface area contributed by atoms with E-state index in [1.807, 2.05) is 11.9 Å². The molecule has 3 N–H and O–H groups in total. The van der Waals surface area contributed by atoms with Gasteiger partial charge in [-0.25, -0.2) is 4.79 Å². The number of thiophene rings is 1. The van der Waals surface area contributed by atoms with Crippen LogP contribution >= 0.6 is 11.3 Å². The van der Waals surface area contributed by atoms with Gasteiger partial charge in [-0.05, 0) is 25.7 Å². The third-order valence-corrected chi connectivity index (χ3v) is 4.72. The maximum atomic E-state index is 12.1. The van der Waals surface area contributed by atoms with E-state index in [1.165, 1.54) is 24.2 Å². The number of rotatable bonds is 6. The summed E-state index contributed by atoms with van der Waals surface area (Å²) in [4.78, 5) is 26.4. The zero-order valence-electron chi connectivity index (χ0n) is 12.6. The molecule has 0 atom stereocenters. The third kappa shape index (κ3) is 3.29. The van der Waals surface area contributed by atoms with Gasteiger partial charge in [0.25, 0.3) is 5.91 Å². The normalized spacial score (nSPS) is 13.9. The number of carbonyl (C=O) groups is 2. The van der Waals surface area contributed by atoms with Gasteiger partial charge in [0.1, 0.15) is 9.88 Å². The first-order valence-electron chi connectivity index (χ1n) is 7.02. The smallest absolute Gasteiger partial charge is 0.350 e. The van der Waals surface area contributed by atoms with Gasteiger partial charge in [-0.15, -0.1) is 11.3 Å². The molecule has 1 aliphatic carbocycles. The van der Waals surface area contributed by atoms with Gasteiger partial charge in [-0.1, -0.05) is 0 Å². The second-order valence-corrected chi connectivity index (χ2v) is 6.15. The molecule has 7 heteroatoms. The predicted molar refractivity (Wildman–Crippen MR) is 84.1 cm³/mol. The molecule has 1 saturated carbocycles. The fourth-order valence-corrected chi connectivity index (χ4v) is 3.25. The Hall–Kier alpha value is -1.76. The summed E-state index contributed by atoms with van der Waals surface area (Å²) in [5.74, 6) is -0.0879. The molecule has 0 spiro atoms. The topological polar surface area (TPSA) is 84.7 Å². The highest BCUT2D eigenvalue weighted by Gasteiger charge is 2.30. The molecule has 0 saturated heterocycles. The van der Waals surface area contributed by atoms with Crippen molar-refractivity contribution >= 4 is 33.9 Å². The Morgan fingerprint density at radius 2 is 2.14 bits per heavy atom. The lowest BCUT2D eigenvalue weighted by Crippen LogP contribution is -2.25.